The van der Waals surface area contributed by atoms with E-state index in [1.54, 1.807) is 39.0 Å². The van der Waals surface area contributed by atoms with Crippen molar-refractivity contribution >= 4 is 32.8 Å². The van der Waals surface area contributed by atoms with Crippen molar-refractivity contribution in [2.45, 2.75) is 43.7 Å². The standard InChI is InChI=1S/C19H25N3O5S/c1-19(2,3)27-18(24)21-11-10-16(17(20)23)22-28(25,26)15-9-8-13-6-4-5-7-14(13)12-15/h4-9,12,16,22H,10-11H2,1-3H3,(H2,20,23)(H,21,24). The van der Waals surface area contributed by atoms with Crippen LogP contribution in [0.4, 0.5) is 4.79 Å². The third kappa shape index (κ3) is 6.21. The summed E-state index contributed by atoms with van der Waals surface area (Å²) in [6.45, 7) is 5.17. The van der Waals surface area contributed by atoms with Gasteiger partial charge in [-0.1, -0.05) is 30.3 Å². The average molecular weight is 407 g/mol. The second kappa shape index (κ2) is 8.57. The number of sulfonamides is 1. The van der Waals surface area contributed by atoms with Gasteiger partial charge in [-0.05, 0) is 50.1 Å². The van der Waals surface area contributed by atoms with E-state index in [4.69, 9.17) is 10.5 Å². The summed E-state index contributed by atoms with van der Waals surface area (Å²) in [6, 6.07) is 10.8. The quantitative estimate of drug-likeness (QED) is 0.646. The van der Waals surface area contributed by atoms with Gasteiger partial charge in [-0.25, -0.2) is 13.2 Å². The average Bonchev–Trinajstić information content (AvgIpc) is 2.58. The molecule has 9 heteroatoms. The second-order valence-electron chi connectivity index (χ2n) is 7.30. The lowest BCUT2D eigenvalue weighted by Crippen LogP contribution is -2.46. The number of ether oxygens (including phenoxy) is 1. The third-order valence-corrected chi connectivity index (χ3v) is 5.24. The minimum atomic E-state index is -3.97. The topological polar surface area (TPSA) is 128 Å². The van der Waals surface area contributed by atoms with Crippen LogP contribution in [0.2, 0.25) is 0 Å². The third-order valence-electron chi connectivity index (χ3n) is 3.77. The highest BCUT2D eigenvalue weighted by Crippen LogP contribution is 2.19. The molecule has 0 radical (unpaired) electrons. The molecule has 4 N–H and O–H groups in total. The Balaban J connectivity index is 2.05. The van der Waals surface area contributed by atoms with Gasteiger partial charge in [0.25, 0.3) is 0 Å². The van der Waals surface area contributed by atoms with Crippen molar-refractivity contribution in [1.82, 2.24) is 10.0 Å². The van der Waals surface area contributed by atoms with Crippen LogP contribution >= 0.6 is 0 Å². The van der Waals surface area contributed by atoms with Gasteiger partial charge < -0.3 is 15.8 Å². The molecule has 28 heavy (non-hydrogen) atoms. The summed E-state index contributed by atoms with van der Waals surface area (Å²) >= 11 is 0. The molecule has 2 rings (SSSR count). The van der Waals surface area contributed by atoms with Gasteiger partial charge >= 0.3 is 6.09 Å². The Morgan fingerprint density at radius 1 is 1.11 bits per heavy atom. The molecule has 8 nitrogen and oxygen atoms in total. The number of primary amides is 1. The molecule has 152 valence electrons. The number of rotatable bonds is 7. The van der Waals surface area contributed by atoms with Crippen LogP contribution in [0.15, 0.2) is 47.4 Å². The van der Waals surface area contributed by atoms with E-state index in [9.17, 15) is 18.0 Å². The zero-order valence-corrected chi connectivity index (χ0v) is 16.9. The minimum Gasteiger partial charge on any atom is -0.444 e. The van der Waals surface area contributed by atoms with E-state index in [2.05, 4.69) is 10.0 Å². The van der Waals surface area contributed by atoms with Gasteiger partial charge in [0.1, 0.15) is 11.6 Å². The van der Waals surface area contributed by atoms with Crippen LogP contribution in [0.25, 0.3) is 10.8 Å². The van der Waals surface area contributed by atoms with Crippen molar-refractivity contribution < 1.29 is 22.7 Å². The SMILES string of the molecule is CC(C)(C)OC(=O)NCCC(NS(=O)(=O)c1ccc2ccccc2c1)C(N)=O. The molecule has 0 aliphatic carbocycles. The first-order chi connectivity index (χ1) is 13.0. The first-order valence-electron chi connectivity index (χ1n) is 8.75. The maximum Gasteiger partial charge on any atom is 0.407 e. The summed E-state index contributed by atoms with van der Waals surface area (Å²) in [6.07, 6.45) is -0.672. The number of amides is 2. The van der Waals surface area contributed by atoms with Crippen molar-refractivity contribution in [3.63, 3.8) is 0 Å². The van der Waals surface area contributed by atoms with Gasteiger partial charge in [0.05, 0.1) is 4.90 Å². The fourth-order valence-electron chi connectivity index (χ4n) is 2.48. The van der Waals surface area contributed by atoms with Crippen molar-refractivity contribution in [3.8, 4) is 0 Å². The highest BCUT2D eigenvalue weighted by Gasteiger charge is 2.24. The fraction of sp³-hybridized carbons (Fsp3) is 0.368. The van der Waals surface area contributed by atoms with Crippen LogP contribution < -0.4 is 15.8 Å². The van der Waals surface area contributed by atoms with Gasteiger partial charge in [0.15, 0.2) is 0 Å². The molecule has 2 aromatic carbocycles. The van der Waals surface area contributed by atoms with E-state index in [1.807, 2.05) is 12.1 Å². The first-order valence-corrected chi connectivity index (χ1v) is 10.2. The van der Waals surface area contributed by atoms with Gasteiger partial charge in [-0.15, -0.1) is 0 Å². The smallest absolute Gasteiger partial charge is 0.407 e. The molecule has 2 aromatic rings. The Morgan fingerprint density at radius 2 is 1.75 bits per heavy atom. The van der Waals surface area contributed by atoms with E-state index in [1.165, 1.54) is 12.1 Å². The molecule has 0 saturated carbocycles. The first kappa shape index (κ1) is 21.6. The molecule has 0 heterocycles. The molecule has 1 atom stereocenters. The Labute approximate surface area is 164 Å². The lowest BCUT2D eigenvalue weighted by atomic mass is 10.1. The number of carbonyl (C=O) groups excluding carboxylic acids is 2. The maximum atomic E-state index is 12.6. The summed E-state index contributed by atoms with van der Waals surface area (Å²) in [5.41, 5.74) is 4.66. The fourth-order valence-corrected chi connectivity index (χ4v) is 3.76. The predicted molar refractivity (Wildman–Crippen MR) is 106 cm³/mol. The lowest BCUT2D eigenvalue weighted by molar-refractivity contribution is -0.119. The van der Waals surface area contributed by atoms with Crippen molar-refractivity contribution in [2.24, 2.45) is 5.73 Å². The Morgan fingerprint density at radius 3 is 2.36 bits per heavy atom. The van der Waals surface area contributed by atoms with Crippen molar-refractivity contribution in [1.29, 1.82) is 0 Å². The molecular formula is C19H25N3O5S. The predicted octanol–water partition coefficient (Wildman–Crippen LogP) is 1.89. The second-order valence-corrected chi connectivity index (χ2v) is 9.02. The number of alkyl carbamates (subject to hydrolysis) is 1. The van der Waals surface area contributed by atoms with Crippen molar-refractivity contribution in [2.75, 3.05) is 6.54 Å². The normalized spacial score (nSPS) is 13.1. The van der Waals surface area contributed by atoms with Gasteiger partial charge in [-0.2, -0.15) is 4.72 Å². The Bertz CT molecular complexity index is 967. The molecule has 0 fully saturated rings. The number of benzene rings is 2. The zero-order valence-electron chi connectivity index (χ0n) is 16.1. The molecule has 0 aliphatic rings. The van der Waals surface area contributed by atoms with E-state index in [0.29, 0.717) is 0 Å². The molecule has 0 aliphatic heterocycles. The summed E-state index contributed by atoms with van der Waals surface area (Å²) in [7, 11) is -3.97. The van der Waals surface area contributed by atoms with E-state index < -0.39 is 33.7 Å². The number of carbonyl (C=O) groups is 2. The van der Waals surface area contributed by atoms with Gasteiger partial charge in [-0.3, -0.25) is 4.79 Å². The lowest BCUT2D eigenvalue weighted by Gasteiger charge is -2.20. The van der Waals surface area contributed by atoms with Crippen molar-refractivity contribution in [3.05, 3.63) is 42.5 Å². The Hall–Kier alpha value is -2.65. The van der Waals surface area contributed by atoms with Crippen LogP contribution in [-0.4, -0.2) is 38.6 Å². The molecule has 0 spiro atoms. The maximum absolute atomic E-state index is 12.6. The number of hydrogen-bond donors (Lipinski definition) is 3. The van der Waals surface area contributed by atoms with E-state index >= 15 is 0 Å². The van der Waals surface area contributed by atoms with Crippen LogP contribution in [-0.2, 0) is 19.6 Å². The molecule has 2 amide bonds. The molecule has 0 bridgehead atoms. The van der Waals surface area contributed by atoms with Crippen LogP contribution in [0, 0.1) is 0 Å². The summed E-state index contributed by atoms with van der Waals surface area (Å²) in [4.78, 5) is 23.4. The molecule has 1 unspecified atom stereocenters. The van der Waals surface area contributed by atoms with E-state index in [-0.39, 0.29) is 17.9 Å². The summed E-state index contributed by atoms with van der Waals surface area (Å²) in [5.74, 6) is -0.838. The number of nitrogens with two attached hydrogens (primary N) is 1. The highest BCUT2D eigenvalue weighted by molar-refractivity contribution is 7.89. The molecule has 0 aromatic heterocycles. The van der Waals surface area contributed by atoms with E-state index in [0.717, 1.165) is 10.8 Å². The molecular weight excluding hydrogens is 382 g/mol. The Kier molecular flexibility index (Phi) is 6.63. The van der Waals surface area contributed by atoms with Gasteiger partial charge in [0.2, 0.25) is 15.9 Å². The zero-order chi connectivity index (χ0) is 20.9. The summed E-state index contributed by atoms with van der Waals surface area (Å²) in [5, 5.41) is 4.13. The number of hydrogen-bond acceptors (Lipinski definition) is 5. The summed E-state index contributed by atoms with van der Waals surface area (Å²) < 4.78 is 32.7. The number of fused-ring (bicyclic) bond motifs is 1. The minimum absolute atomic E-state index is 0.0125. The number of nitrogens with one attached hydrogen (secondary N) is 2. The van der Waals surface area contributed by atoms with Crippen LogP contribution in [0.3, 0.4) is 0 Å². The van der Waals surface area contributed by atoms with Crippen LogP contribution in [0.1, 0.15) is 27.2 Å². The van der Waals surface area contributed by atoms with Gasteiger partial charge in [0, 0.05) is 6.54 Å². The van der Waals surface area contributed by atoms with Crippen LogP contribution in [0.5, 0.6) is 0 Å². The highest BCUT2D eigenvalue weighted by atomic mass is 32.2. The monoisotopic (exact) mass is 407 g/mol. The molecule has 0 saturated heterocycles. The largest absolute Gasteiger partial charge is 0.444 e.